The minimum absolute atomic E-state index is 0.268. The van der Waals surface area contributed by atoms with E-state index in [9.17, 15) is 9.18 Å². The summed E-state index contributed by atoms with van der Waals surface area (Å²) in [4.78, 5) is 20.8. The molecule has 0 aliphatic rings. The summed E-state index contributed by atoms with van der Waals surface area (Å²) >= 11 is 0. The van der Waals surface area contributed by atoms with E-state index >= 15 is 0 Å². The van der Waals surface area contributed by atoms with Crippen LogP contribution in [0.2, 0.25) is 0 Å². The lowest BCUT2D eigenvalue weighted by molar-refractivity contribution is 0.0601. The maximum atomic E-state index is 13.1. The molecule has 0 spiro atoms. The Kier molecular flexibility index (Phi) is 5.52. The van der Waals surface area contributed by atoms with Gasteiger partial charge < -0.3 is 15.4 Å². The molecular formula is C23H19FN4O2. The van der Waals surface area contributed by atoms with Crippen molar-refractivity contribution in [3.63, 3.8) is 0 Å². The van der Waals surface area contributed by atoms with E-state index in [-0.39, 0.29) is 5.82 Å². The van der Waals surface area contributed by atoms with Crippen molar-refractivity contribution in [3.8, 4) is 0 Å². The van der Waals surface area contributed by atoms with E-state index in [0.717, 1.165) is 22.2 Å². The van der Waals surface area contributed by atoms with E-state index in [2.05, 4.69) is 20.6 Å². The number of hydrogen-bond acceptors (Lipinski definition) is 6. The molecule has 0 atom stereocenters. The Morgan fingerprint density at radius 1 is 0.967 bits per heavy atom. The highest BCUT2D eigenvalue weighted by Crippen LogP contribution is 2.24. The molecule has 6 nitrogen and oxygen atoms in total. The molecule has 0 aliphatic carbocycles. The second kappa shape index (κ2) is 8.57. The quantitative estimate of drug-likeness (QED) is 0.446. The zero-order valence-electron chi connectivity index (χ0n) is 16.2. The zero-order chi connectivity index (χ0) is 20.9. The highest BCUT2D eigenvalue weighted by atomic mass is 19.1. The Balaban J connectivity index is 1.59. The molecule has 30 heavy (non-hydrogen) atoms. The number of methoxy groups -OCH3 is 1. The molecule has 150 valence electrons. The SMILES string of the molecule is COC(=O)c1ccc(Nc2nc(NCc3ccc(F)cc3)c3ccccc3n2)cc1. The summed E-state index contributed by atoms with van der Waals surface area (Å²) in [6, 6.07) is 20.9. The summed E-state index contributed by atoms with van der Waals surface area (Å²) in [5, 5.41) is 7.35. The van der Waals surface area contributed by atoms with Crippen molar-refractivity contribution in [2.45, 2.75) is 6.54 Å². The molecule has 0 saturated heterocycles. The van der Waals surface area contributed by atoms with Gasteiger partial charge in [0.25, 0.3) is 0 Å². The number of esters is 1. The maximum Gasteiger partial charge on any atom is 0.337 e. The third-order valence-corrected chi connectivity index (χ3v) is 4.54. The highest BCUT2D eigenvalue weighted by molar-refractivity contribution is 5.91. The number of carbonyl (C=O) groups is 1. The summed E-state index contributed by atoms with van der Waals surface area (Å²) in [5.41, 5.74) is 2.92. The number of rotatable bonds is 6. The van der Waals surface area contributed by atoms with Gasteiger partial charge >= 0.3 is 5.97 Å². The van der Waals surface area contributed by atoms with Crippen LogP contribution in [-0.2, 0) is 11.3 Å². The Labute approximate surface area is 172 Å². The van der Waals surface area contributed by atoms with Crippen molar-refractivity contribution < 1.29 is 13.9 Å². The van der Waals surface area contributed by atoms with Crippen LogP contribution in [-0.4, -0.2) is 23.0 Å². The number of ether oxygens (including phenoxy) is 1. The van der Waals surface area contributed by atoms with Gasteiger partial charge in [-0.05, 0) is 54.1 Å². The lowest BCUT2D eigenvalue weighted by atomic mass is 10.2. The molecule has 0 radical (unpaired) electrons. The second-order valence-electron chi connectivity index (χ2n) is 6.59. The molecule has 7 heteroatoms. The monoisotopic (exact) mass is 402 g/mol. The van der Waals surface area contributed by atoms with E-state index in [4.69, 9.17) is 4.74 Å². The molecule has 0 saturated carbocycles. The Bertz CT molecular complexity index is 1180. The van der Waals surface area contributed by atoms with Crippen molar-refractivity contribution in [2.24, 2.45) is 0 Å². The molecule has 0 unspecified atom stereocenters. The van der Waals surface area contributed by atoms with E-state index in [1.807, 2.05) is 24.3 Å². The molecule has 4 rings (SSSR count). The molecule has 0 amide bonds. The molecule has 0 bridgehead atoms. The molecule has 1 aromatic heterocycles. The third-order valence-electron chi connectivity index (χ3n) is 4.54. The fourth-order valence-electron chi connectivity index (χ4n) is 2.99. The minimum Gasteiger partial charge on any atom is -0.465 e. The minimum atomic E-state index is -0.393. The van der Waals surface area contributed by atoms with Gasteiger partial charge in [-0.2, -0.15) is 4.98 Å². The maximum absolute atomic E-state index is 13.1. The van der Waals surface area contributed by atoms with Crippen LogP contribution in [0.4, 0.5) is 21.8 Å². The van der Waals surface area contributed by atoms with Crippen LogP contribution in [0, 0.1) is 5.82 Å². The number of carbonyl (C=O) groups excluding carboxylic acids is 1. The topological polar surface area (TPSA) is 76.1 Å². The third kappa shape index (κ3) is 4.35. The summed E-state index contributed by atoms with van der Waals surface area (Å²) < 4.78 is 17.8. The second-order valence-corrected chi connectivity index (χ2v) is 6.59. The van der Waals surface area contributed by atoms with Crippen molar-refractivity contribution in [2.75, 3.05) is 17.7 Å². The number of halogens is 1. The summed E-state index contributed by atoms with van der Waals surface area (Å²) in [6.45, 7) is 0.495. The molecular weight excluding hydrogens is 383 g/mol. The number of fused-ring (bicyclic) bond motifs is 1. The Morgan fingerprint density at radius 3 is 2.43 bits per heavy atom. The van der Waals surface area contributed by atoms with E-state index in [0.29, 0.717) is 23.9 Å². The number of anilines is 3. The van der Waals surface area contributed by atoms with Gasteiger partial charge in [0.05, 0.1) is 18.2 Å². The van der Waals surface area contributed by atoms with Crippen molar-refractivity contribution >= 4 is 34.3 Å². The van der Waals surface area contributed by atoms with Crippen LogP contribution < -0.4 is 10.6 Å². The summed E-state index contributed by atoms with van der Waals surface area (Å²) in [5.74, 6) is 0.423. The van der Waals surface area contributed by atoms with Crippen LogP contribution in [0.5, 0.6) is 0 Å². The smallest absolute Gasteiger partial charge is 0.337 e. The van der Waals surface area contributed by atoms with Crippen LogP contribution in [0.3, 0.4) is 0 Å². The lowest BCUT2D eigenvalue weighted by Gasteiger charge is -2.12. The number of nitrogens with zero attached hydrogens (tertiary/aromatic N) is 2. The van der Waals surface area contributed by atoms with Crippen molar-refractivity contribution in [1.29, 1.82) is 0 Å². The molecule has 4 aromatic rings. The molecule has 0 fully saturated rings. The van der Waals surface area contributed by atoms with Gasteiger partial charge in [-0.25, -0.2) is 14.2 Å². The predicted molar refractivity (Wildman–Crippen MR) is 114 cm³/mol. The molecule has 1 heterocycles. The van der Waals surface area contributed by atoms with E-state index < -0.39 is 5.97 Å². The molecule has 0 aliphatic heterocycles. The van der Waals surface area contributed by atoms with Crippen LogP contribution in [0.15, 0.2) is 72.8 Å². The van der Waals surface area contributed by atoms with Crippen LogP contribution in [0.25, 0.3) is 10.9 Å². The highest BCUT2D eigenvalue weighted by Gasteiger charge is 2.09. The standard InChI is InChI=1S/C23H19FN4O2/c1-30-22(29)16-8-12-18(13-9-16)26-23-27-20-5-3-2-4-19(20)21(28-23)25-14-15-6-10-17(24)11-7-15/h2-13H,14H2,1H3,(H2,25,26,27,28). The average molecular weight is 402 g/mol. The largest absolute Gasteiger partial charge is 0.465 e. The first-order valence-electron chi connectivity index (χ1n) is 9.33. The molecule has 3 aromatic carbocycles. The van der Waals surface area contributed by atoms with Crippen molar-refractivity contribution in [1.82, 2.24) is 9.97 Å². The number of nitrogens with one attached hydrogen (secondary N) is 2. The van der Waals surface area contributed by atoms with Gasteiger partial charge in [0, 0.05) is 17.6 Å². The normalized spacial score (nSPS) is 10.6. The Hall–Kier alpha value is -4.00. The fraction of sp³-hybridized carbons (Fsp3) is 0.0870. The van der Waals surface area contributed by atoms with E-state index in [1.54, 1.807) is 36.4 Å². The van der Waals surface area contributed by atoms with E-state index in [1.165, 1.54) is 19.2 Å². The lowest BCUT2D eigenvalue weighted by Crippen LogP contribution is -2.06. The van der Waals surface area contributed by atoms with Gasteiger partial charge in [-0.1, -0.05) is 24.3 Å². The number of hydrogen-bond donors (Lipinski definition) is 2. The first-order chi connectivity index (χ1) is 14.6. The van der Waals surface area contributed by atoms with Crippen LogP contribution >= 0.6 is 0 Å². The number of benzene rings is 3. The summed E-state index contributed by atoms with van der Waals surface area (Å²) in [6.07, 6.45) is 0. The molecule has 2 N–H and O–H groups in total. The van der Waals surface area contributed by atoms with Gasteiger partial charge in [0.1, 0.15) is 11.6 Å². The number of para-hydroxylation sites is 1. The first-order valence-corrected chi connectivity index (χ1v) is 9.33. The van der Waals surface area contributed by atoms with Crippen molar-refractivity contribution in [3.05, 3.63) is 89.7 Å². The zero-order valence-corrected chi connectivity index (χ0v) is 16.2. The van der Waals surface area contributed by atoms with Crippen LogP contribution in [0.1, 0.15) is 15.9 Å². The average Bonchev–Trinajstić information content (AvgIpc) is 2.78. The van der Waals surface area contributed by atoms with Gasteiger partial charge in [0.2, 0.25) is 5.95 Å². The van der Waals surface area contributed by atoms with Gasteiger partial charge in [-0.3, -0.25) is 0 Å². The van der Waals surface area contributed by atoms with Gasteiger partial charge in [0.15, 0.2) is 0 Å². The summed E-state index contributed by atoms with van der Waals surface area (Å²) in [7, 11) is 1.35. The fourth-order valence-corrected chi connectivity index (χ4v) is 2.99. The number of aromatic nitrogens is 2. The Morgan fingerprint density at radius 2 is 1.70 bits per heavy atom. The predicted octanol–water partition coefficient (Wildman–Crippen LogP) is 4.91. The first kappa shape index (κ1) is 19.3. The van der Waals surface area contributed by atoms with Gasteiger partial charge in [-0.15, -0.1) is 0 Å².